The van der Waals surface area contributed by atoms with Crippen LogP contribution >= 0.6 is 0 Å². The Labute approximate surface area is 154 Å². The van der Waals surface area contributed by atoms with E-state index in [1.807, 2.05) is 75.4 Å². The first kappa shape index (κ1) is 19.8. The van der Waals surface area contributed by atoms with Crippen LogP contribution in [0.15, 0.2) is 54.6 Å². The maximum absolute atomic E-state index is 11.1. The molecule has 3 N–H and O–H groups in total. The van der Waals surface area contributed by atoms with Gasteiger partial charge in [0.2, 0.25) is 0 Å². The fourth-order valence-electron chi connectivity index (χ4n) is 2.72. The van der Waals surface area contributed by atoms with Crippen LogP contribution in [0.4, 0.5) is 4.79 Å². The van der Waals surface area contributed by atoms with Gasteiger partial charge in [-0.3, -0.25) is 0 Å². The predicted octanol–water partition coefficient (Wildman–Crippen LogP) is 3.85. The predicted molar refractivity (Wildman–Crippen MR) is 101 cm³/mol. The van der Waals surface area contributed by atoms with E-state index in [9.17, 15) is 9.90 Å². The summed E-state index contributed by atoms with van der Waals surface area (Å²) in [6, 6.07) is 16.8. The lowest BCUT2D eigenvalue weighted by molar-refractivity contribution is 0.0295. The quantitative estimate of drug-likeness (QED) is 0.703. The maximum Gasteiger partial charge on any atom is 0.404 e. The van der Waals surface area contributed by atoms with Crippen molar-refractivity contribution in [3.8, 4) is 5.75 Å². The van der Waals surface area contributed by atoms with E-state index in [2.05, 4.69) is 5.32 Å². The first-order valence-corrected chi connectivity index (χ1v) is 8.69. The van der Waals surface area contributed by atoms with Gasteiger partial charge in [-0.1, -0.05) is 63.2 Å². The SMILES string of the molecule is CC(C)(C)C(O)C(Cc1ccc(OCc2ccccc2)cc1)NC(=O)O. The Hall–Kier alpha value is -2.53. The molecule has 0 saturated carbocycles. The summed E-state index contributed by atoms with van der Waals surface area (Å²) >= 11 is 0. The first-order valence-electron chi connectivity index (χ1n) is 8.69. The van der Waals surface area contributed by atoms with Crippen molar-refractivity contribution in [2.45, 2.75) is 45.9 Å². The van der Waals surface area contributed by atoms with Gasteiger partial charge < -0.3 is 20.3 Å². The summed E-state index contributed by atoms with van der Waals surface area (Å²) in [5, 5.41) is 22.0. The molecule has 0 aliphatic heterocycles. The molecule has 140 valence electrons. The van der Waals surface area contributed by atoms with Crippen molar-refractivity contribution in [2.24, 2.45) is 5.41 Å². The molecule has 0 aromatic heterocycles. The monoisotopic (exact) mass is 357 g/mol. The molecular weight excluding hydrogens is 330 g/mol. The zero-order valence-corrected chi connectivity index (χ0v) is 15.5. The van der Waals surface area contributed by atoms with Crippen molar-refractivity contribution in [1.82, 2.24) is 5.32 Å². The molecule has 0 spiro atoms. The van der Waals surface area contributed by atoms with Crippen molar-refractivity contribution in [3.05, 3.63) is 65.7 Å². The number of aliphatic hydroxyl groups is 1. The molecule has 0 radical (unpaired) electrons. The van der Waals surface area contributed by atoms with Crippen LogP contribution in [0.1, 0.15) is 31.9 Å². The lowest BCUT2D eigenvalue weighted by Gasteiger charge is -2.33. The Balaban J connectivity index is 2.00. The van der Waals surface area contributed by atoms with Crippen molar-refractivity contribution in [3.63, 3.8) is 0 Å². The van der Waals surface area contributed by atoms with Gasteiger partial charge >= 0.3 is 6.09 Å². The molecule has 0 saturated heterocycles. The van der Waals surface area contributed by atoms with E-state index in [4.69, 9.17) is 9.84 Å². The fraction of sp³-hybridized carbons (Fsp3) is 0.381. The number of carboxylic acid groups (broad SMARTS) is 1. The molecule has 2 unspecified atom stereocenters. The van der Waals surface area contributed by atoms with Gasteiger partial charge in [-0.15, -0.1) is 0 Å². The molecular formula is C21H27NO4. The third-order valence-electron chi connectivity index (χ3n) is 4.20. The summed E-state index contributed by atoms with van der Waals surface area (Å²) < 4.78 is 5.76. The molecule has 26 heavy (non-hydrogen) atoms. The zero-order chi connectivity index (χ0) is 19.2. The Bertz CT molecular complexity index is 692. The highest BCUT2D eigenvalue weighted by atomic mass is 16.5. The minimum absolute atomic E-state index is 0.406. The van der Waals surface area contributed by atoms with Gasteiger partial charge in [0.15, 0.2) is 0 Å². The van der Waals surface area contributed by atoms with E-state index in [1.54, 1.807) is 0 Å². The van der Waals surface area contributed by atoms with E-state index >= 15 is 0 Å². The third kappa shape index (κ3) is 6.08. The van der Waals surface area contributed by atoms with E-state index in [-0.39, 0.29) is 0 Å². The van der Waals surface area contributed by atoms with E-state index in [0.717, 1.165) is 16.9 Å². The Morgan fingerprint density at radius 3 is 2.19 bits per heavy atom. The summed E-state index contributed by atoms with van der Waals surface area (Å²) in [5.74, 6) is 0.747. The summed E-state index contributed by atoms with van der Waals surface area (Å²) in [6.45, 7) is 6.14. The van der Waals surface area contributed by atoms with Crippen molar-refractivity contribution in [1.29, 1.82) is 0 Å². The largest absolute Gasteiger partial charge is 0.489 e. The smallest absolute Gasteiger partial charge is 0.404 e. The number of hydrogen-bond donors (Lipinski definition) is 3. The summed E-state index contributed by atoms with van der Waals surface area (Å²) in [7, 11) is 0. The second-order valence-electron chi connectivity index (χ2n) is 7.49. The molecule has 1 amide bonds. The molecule has 2 rings (SSSR count). The lowest BCUT2D eigenvalue weighted by Crippen LogP contribution is -2.49. The summed E-state index contributed by atoms with van der Waals surface area (Å²) in [5.41, 5.74) is 1.60. The van der Waals surface area contributed by atoms with Crippen LogP contribution in [-0.2, 0) is 13.0 Å². The van der Waals surface area contributed by atoms with E-state index in [0.29, 0.717) is 13.0 Å². The fourth-order valence-corrected chi connectivity index (χ4v) is 2.72. The van der Waals surface area contributed by atoms with Gasteiger partial charge in [-0.25, -0.2) is 4.79 Å². The van der Waals surface area contributed by atoms with Crippen LogP contribution in [0.3, 0.4) is 0 Å². The Morgan fingerprint density at radius 1 is 1.04 bits per heavy atom. The summed E-state index contributed by atoms with van der Waals surface area (Å²) in [6.07, 6.45) is -1.53. The summed E-state index contributed by atoms with van der Waals surface area (Å²) in [4.78, 5) is 11.1. The molecule has 0 heterocycles. The Kier molecular flexibility index (Phi) is 6.64. The highest BCUT2D eigenvalue weighted by Gasteiger charge is 2.31. The number of nitrogens with one attached hydrogen (secondary N) is 1. The van der Waals surface area contributed by atoms with Crippen LogP contribution in [0.2, 0.25) is 0 Å². The second kappa shape index (κ2) is 8.72. The van der Waals surface area contributed by atoms with Crippen LogP contribution in [-0.4, -0.2) is 28.5 Å². The van der Waals surface area contributed by atoms with Gasteiger partial charge in [0.25, 0.3) is 0 Å². The van der Waals surface area contributed by atoms with Crippen molar-refractivity contribution < 1.29 is 19.7 Å². The number of aliphatic hydroxyl groups excluding tert-OH is 1. The van der Waals surface area contributed by atoms with Crippen LogP contribution in [0.5, 0.6) is 5.75 Å². The molecule has 0 bridgehead atoms. The average molecular weight is 357 g/mol. The molecule has 5 heteroatoms. The minimum atomic E-state index is -1.14. The van der Waals surface area contributed by atoms with Crippen LogP contribution in [0, 0.1) is 5.41 Å². The maximum atomic E-state index is 11.1. The third-order valence-corrected chi connectivity index (χ3v) is 4.20. The van der Waals surface area contributed by atoms with Gasteiger partial charge in [0, 0.05) is 0 Å². The minimum Gasteiger partial charge on any atom is -0.489 e. The van der Waals surface area contributed by atoms with Crippen molar-refractivity contribution in [2.75, 3.05) is 0 Å². The first-order chi connectivity index (χ1) is 12.3. The second-order valence-corrected chi connectivity index (χ2v) is 7.49. The number of ether oxygens (including phenoxy) is 1. The van der Waals surface area contributed by atoms with Gasteiger partial charge in [-0.05, 0) is 35.1 Å². The average Bonchev–Trinajstić information content (AvgIpc) is 2.59. The molecule has 2 aromatic carbocycles. The molecule has 5 nitrogen and oxygen atoms in total. The number of hydrogen-bond acceptors (Lipinski definition) is 3. The standard InChI is InChI=1S/C21H27NO4/c1-21(2,3)19(23)18(22-20(24)25)13-15-9-11-17(12-10-15)26-14-16-7-5-4-6-8-16/h4-12,18-19,22-23H,13-14H2,1-3H3,(H,24,25). The van der Waals surface area contributed by atoms with Gasteiger partial charge in [0.05, 0.1) is 12.1 Å². The molecule has 0 fully saturated rings. The molecule has 0 aliphatic carbocycles. The van der Waals surface area contributed by atoms with Gasteiger partial charge in [0.1, 0.15) is 12.4 Å². The molecule has 0 aliphatic rings. The number of rotatable bonds is 7. The Morgan fingerprint density at radius 2 is 1.65 bits per heavy atom. The topological polar surface area (TPSA) is 78.8 Å². The number of carbonyl (C=O) groups is 1. The lowest BCUT2D eigenvalue weighted by atomic mass is 9.82. The molecule has 2 aromatic rings. The van der Waals surface area contributed by atoms with Crippen LogP contribution < -0.4 is 10.1 Å². The zero-order valence-electron chi connectivity index (χ0n) is 15.5. The normalized spacial score (nSPS) is 13.7. The highest BCUT2D eigenvalue weighted by Crippen LogP contribution is 2.24. The number of benzene rings is 2. The highest BCUT2D eigenvalue weighted by molar-refractivity contribution is 5.65. The van der Waals surface area contributed by atoms with E-state index < -0.39 is 23.7 Å². The van der Waals surface area contributed by atoms with Gasteiger partial charge in [-0.2, -0.15) is 0 Å². The number of amides is 1. The van der Waals surface area contributed by atoms with E-state index in [1.165, 1.54) is 0 Å². The van der Waals surface area contributed by atoms with Crippen LogP contribution in [0.25, 0.3) is 0 Å². The molecule has 2 atom stereocenters. The van der Waals surface area contributed by atoms with Crippen molar-refractivity contribution >= 4 is 6.09 Å².